The minimum Gasteiger partial charge on any atom is -0.316 e. The molecule has 0 atom stereocenters. The molecule has 0 spiro atoms. The van der Waals surface area contributed by atoms with Crippen molar-refractivity contribution in [3.8, 4) is 11.1 Å². The number of rotatable bonds is 3. The van der Waals surface area contributed by atoms with Crippen molar-refractivity contribution < 1.29 is 4.39 Å². The van der Waals surface area contributed by atoms with E-state index in [1.54, 1.807) is 17.4 Å². The maximum atomic E-state index is 13.2. The lowest BCUT2D eigenvalue weighted by Crippen LogP contribution is -2.06. The lowest BCUT2D eigenvalue weighted by atomic mass is 10.0. The van der Waals surface area contributed by atoms with Gasteiger partial charge >= 0.3 is 0 Å². The van der Waals surface area contributed by atoms with Gasteiger partial charge in [0, 0.05) is 11.4 Å². The van der Waals surface area contributed by atoms with Gasteiger partial charge in [0.15, 0.2) is 0 Å². The third-order valence-electron chi connectivity index (χ3n) is 2.48. The van der Waals surface area contributed by atoms with Crippen molar-refractivity contribution >= 4 is 11.3 Å². The fraction of sp³-hybridized carbons (Fsp3) is 0.231. The number of benzene rings is 1. The minimum absolute atomic E-state index is 0.180. The first-order valence-electron chi connectivity index (χ1n) is 5.19. The Morgan fingerprint density at radius 1 is 1.31 bits per heavy atom. The summed E-state index contributed by atoms with van der Waals surface area (Å²) in [5.74, 6) is -0.180. The molecule has 0 bridgehead atoms. The minimum atomic E-state index is -0.180. The predicted molar refractivity (Wildman–Crippen MR) is 67.2 cm³/mol. The summed E-state index contributed by atoms with van der Waals surface area (Å²) in [6, 6.07) is 7.10. The Kier molecular flexibility index (Phi) is 3.36. The van der Waals surface area contributed by atoms with Crippen LogP contribution in [0.25, 0.3) is 11.1 Å². The van der Waals surface area contributed by atoms with E-state index in [2.05, 4.69) is 23.7 Å². The second kappa shape index (κ2) is 4.76. The largest absolute Gasteiger partial charge is 0.316 e. The first-order valence-corrected chi connectivity index (χ1v) is 6.07. The first-order chi connectivity index (χ1) is 7.70. The molecule has 0 fully saturated rings. The van der Waals surface area contributed by atoms with Crippen LogP contribution in [0, 0.1) is 12.7 Å². The molecule has 1 nitrogen and oxygen atoms in total. The molecule has 3 heteroatoms. The van der Waals surface area contributed by atoms with Crippen molar-refractivity contribution in [3.05, 3.63) is 45.9 Å². The van der Waals surface area contributed by atoms with Crippen LogP contribution in [0.3, 0.4) is 0 Å². The molecule has 2 rings (SSSR count). The summed E-state index contributed by atoms with van der Waals surface area (Å²) in [5, 5.41) is 5.18. The molecule has 0 aliphatic heterocycles. The van der Waals surface area contributed by atoms with Crippen LogP contribution in [0.1, 0.15) is 10.4 Å². The molecule has 1 heterocycles. The van der Waals surface area contributed by atoms with E-state index in [0.29, 0.717) is 6.54 Å². The monoisotopic (exact) mass is 235 g/mol. The molecular weight excluding hydrogens is 221 g/mol. The summed E-state index contributed by atoms with van der Waals surface area (Å²) >= 11 is 1.72. The van der Waals surface area contributed by atoms with Crippen LogP contribution in [-0.2, 0) is 6.54 Å². The van der Waals surface area contributed by atoms with Crippen LogP contribution in [0.2, 0.25) is 0 Å². The summed E-state index contributed by atoms with van der Waals surface area (Å²) in [6.45, 7) is 2.76. The van der Waals surface area contributed by atoms with Gasteiger partial charge in [-0.3, -0.25) is 0 Å². The Morgan fingerprint density at radius 2 is 2.12 bits per heavy atom. The fourth-order valence-corrected chi connectivity index (χ4v) is 2.47. The van der Waals surface area contributed by atoms with Crippen LogP contribution in [0.15, 0.2) is 29.6 Å². The fourth-order valence-electron chi connectivity index (χ4n) is 1.77. The van der Waals surface area contributed by atoms with Crippen LogP contribution in [0.5, 0.6) is 0 Å². The van der Waals surface area contributed by atoms with Crippen molar-refractivity contribution in [3.63, 3.8) is 0 Å². The zero-order chi connectivity index (χ0) is 11.5. The van der Waals surface area contributed by atoms with E-state index in [1.807, 2.05) is 13.1 Å². The van der Waals surface area contributed by atoms with Gasteiger partial charge in [0.1, 0.15) is 5.82 Å². The van der Waals surface area contributed by atoms with Crippen LogP contribution >= 0.6 is 11.3 Å². The van der Waals surface area contributed by atoms with Crippen LogP contribution in [0.4, 0.5) is 4.39 Å². The molecule has 0 unspecified atom stereocenters. The molecule has 1 N–H and O–H groups in total. The van der Waals surface area contributed by atoms with E-state index >= 15 is 0 Å². The van der Waals surface area contributed by atoms with E-state index in [-0.39, 0.29) is 5.82 Å². The van der Waals surface area contributed by atoms with Gasteiger partial charge in [0.05, 0.1) is 0 Å². The van der Waals surface area contributed by atoms with Gasteiger partial charge in [-0.1, -0.05) is 6.07 Å². The molecule has 1 aromatic carbocycles. The molecule has 2 aromatic rings. The van der Waals surface area contributed by atoms with Crippen molar-refractivity contribution in [1.29, 1.82) is 0 Å². The Morgan fingerprint density at radius 3 is 2.75 bits per heavy atom. The van der Waals surface area contributed by atoms with Gasteiger partial charge < -0.3 is 5.32 Å². The van der Waals surface area contributed by atoms with Gasteiger partial charge in [-0.15, -0.1) is 11.3 Å². The molecule has 16 heavy (non-hydrogen) atoms. The first kappa shape index (κ1) is 11.3. The molecule has 84 valence electrons. The molecule has 0 amide bonds. The lowest BCUT2D eigenvalue weighted by Gasteiger charge is -2.07. The van der Waals surface area contributed by atoms with Gasteiger partial charge in [-0.05, 0) is 54.2 Å². The number of hydrogen-bond acceptors (Lipinski definition) is 2. The zero-order valence-electron chi connectivity index (χ0n) is 9.38. The molecule has 0 saturated carbocycles. The standard InChI is InChI=1S/C13H14FNS/c1-9-5-11(8-16-9)13-4-3-12(14)6-10(13)7-15-2/h3-6,8,15H,7H2,1-2H3. The average molecular weight is 235 g/mol. The molecular formula is C13H14FNS. The van der Waals surface area contributed by atoms with E-state index in [4.69, 9.17) is 0 Å². The Balaban J connectivity index is 2.47. The average Bonchev–Trinajstić information content (AvgIpc) is 2.65. The summed E-state index contributed by atoms with van der Waals surface area (Å²) in [5.41, 5.74) is 3.29. The van der Waals surface area contributed by atoms with Gasteiger partial charge in [0.2, 0.25) is 0 Å². The maximum absolute atomic E-state index is 13.2. The highest BCUT2D eigenvalue weighted by atomic mass is 32.1. The van der Waals surface area contributed by atoms with Gasteiger partial charge in [-0.2, -0.15) is 0 Å². The molecule has 0 saturated heterocycles. The second-order valence-electron chi connectivity index (χ2n) is 3.78. The number of thiophene rings is 1. The highest BCUT2D eigenvalue weighted by Crippen LogP contribution is 2.28. The Bertz CT molecular complexity index is 490. The van der Waals surface area contributed by atoms with Crippen LogP contribution < -0.4 is 5.32 Å². The summed E-state index contributed by atoms with van der Waals surface area (Å²) in [6.07, 6.45) is 0. The zero-order valence-corrected chi connectivity index (χ0v) is 10.2. The van der Waals surface area contributed by atoms with Crippen molar-refractivity contribution in [1.82, 2.24) is 5.32 Å². The predicted octanol–water partition coefficient (Wildman–Crippen LogP) is 3.58. The third kappa shape index (κ3) is 2.31. The normalized spacial score (nSPS) is 10.7. The highest BCUT2D eigenvalue weighted by Gasteiger charge is 2.07. The van der Waals surface area contributed by atoms with E-state index < -0.39 is 0 Å². The third-order valence-corrected chi connectivity index (χ3v) is 3.34. The quantitative estimate of drug-likeness (QED) is 0.857. The number of hydrogen-bond donors (Lipinski definition) is 1. The number of nitrogens with one attached hydrogen (secondary N) is 1. The lowest BCUT2D eigenvalue weighted by molar-refractivity contribution is 0.624. The van der Waals surface area contributed by atoms with Crippen molar-refractivity contribution in [2.24, 2.45) is 0 Å². The van der Waals surface area contributed by atoms with Gasteiger partial charge in [-0.25, -0.2) is 4.39 Å². The van der Waals surface area contributed by atoms with Crippen molar-refractivity contribution in [2.75, 3.05) is 7.05 Å². The van der Waals surface area contributed by atoms with Crippen LogP contribution in [-0.4, -0.2) is 7.05 Å². The maximum Gasteiger partial charge on any atom is 0.123 e. The topological polar surface area (TPSA) is 12.0 Å². The van der Waals surface area contributed by atoms with Crippen molar-refractivity contribution in [2.45, 2.75) is 13.5 Å². The number of aryl methyl sites for hydroxylation is 1. The molecule has 0 aliphatic rings. The summed E-state index contributed by atoms with van der Waals surface area (Å²) < 4.78 is 13.2. The SMILES string of the molecule is CNCc1cc(F)ccc1-c1csc(C)c1. The van der Waals surface area contributed by atoms with E-state index in [1.165, 1.54) is 16.5 Å². The highest BCUT2D eigenvalue weighted by molar-refractivity contribution is 7.10. The summed E-state index contributed by atoms with van der Waals surface area (Å²) in [4.78, 5) is 1.27. The summed E-state index contributed by atoms with van der Waals surface area (Å²) in [7, 11) is 1.87. The molecule has 1 aromatic heterocycles. The van der Waals surface area contributed by atoms with E-state index in [9.17, 15) is 4.39 Å². The smallest absolute Gasteiger partial charge is 0.123 e. The Hall–Kier alpha value is -1.19. The second-order valence-corrected chi connectivity index (χ2v) is 4.89. The van der Waals surface area contributed by atoms with E-state index in [0.717, 1.165) is 11.1 Å². The van der Waals surface area contributed by atoms with Gasteiger partial charge in [0.25, 0.3) is 0 Å². The Labute approximate surface area is 98.9 Å². The molecule has 0 aliphatic carbocycles. The number of halogens is 1. The molecule has 0 radical (unpaired) electrons.